The van der Waals surface area contributed by atoms with Crippen molar-refractivity contribution in [1.29, 1.82) is 0 Å². The van der Waals surface area contributed by atoms with E-state index in [2.05, 4.69) is 4.98 Å². The number of ether oxygens (including phenoxy) is 1. The SMILES string of the molecule is Nc1ccn(CCCCOc2ccc([N+](=O)[O-])cc2)c(=O)n1. The third-order valence-corrected chi connectivity index (χ3v) is 3.01. The molecule has 1 aromatic carbocycles. The molecule has 0 atom stereocenters. The first-order chi connectivity index (χ1) is 10.6. The zero-order valence-corrected chi connectivity index (χ0v) is 11.8. The van der Waals surface area contributed by atoms with Gasteiger partial charge in [-0.2, -0.15) is 4.98 Å². The number of nitro benzene ring substituents is 1. The summed E-state index contributed by atoms with van der Waals surface area (Å²) in [6, 6.07) is 7.50. The summed E-state index contributed by atoms with van der Waals surface area (Å²) < 4.78 is 6.97. The third kappa shape index (κ3) is 4.30. The highest BCUT2D eigenvalue weighted by molar-refractivity contribution is 5.35. The topological polar surface area (TPSA) is 113 Å². The maximum atomic E-state index is 11.5. The fourth-order valence-corrected chi connectivity index (χ4v) is 1.85. The molecule has 0 aliphatic heterocycles. The number of nitrogens with zero attached hydrogens (tertiary/aromatic N) is 3. The summed E-state index contributed by atoms with van der Waals surface area (Å²) >= 11 is 0. The minimum atomic E-state index is -0.456. The summed E-state index contributed by atoms with van der Waals surface area (Å²) in [5.41, 5.74) is 5.08. The van der Waals surface area contributed by atoms with Gasteiger partial charge < -0.3 is 10.5 Å². The lowest BCUT2D eigenvalue weighted by Crippen LogP contribution is -2.23. The number of aromatic nitrogens is 2. The van der Waals surface area contributed by atoms with Gasteiger partial charge >= 0.3 is 5.69 Å². The van der Waals surface area contributed by atoms with E-state index in [1.54, 1.807) is 24.4 Å². The fourth-order valence-electron chi connectivity index (χ4n) is 1.85. The Balaban J connectivity index is 1.73. The van der Waals surface area contributed by atoms with Crippen molar-refractivity contribution in [1.82, 2.24) is 9.55 Å². The van der Waals surface area contributed by atoms with Crippen LogP contribution in [0.1, 0.15) is 12.8 Å². The standard InChI is InChI=1S/C14H16N4O4/c15-13-7-9-17(14(19)16-13)8-1-2-10-22-12-5-3-11(4-6-12)18(20)21/h3-7,9H,1-2,8,10H2,(H2,15,16,19). The van der Waals surface area contributed by atoms with Gasteiger partial charge in [0.15, 0.2) is 0 Å². The van der Waals surface area contributed by atoms with Crippen LogP contribution in [0.2, 0.25) is 0 Å². The monoisotopic (exact) mass is 304 g/mol. The number of benzene rings is 1. The first kappa shape index (κ1) is 15.5. The number of hydrogen-bond donors (Lipinski definition) is 1. The fraction of sp³-hybridized carbons (Fsp3) is 0.286. The van der Waals surface area contributed by atoms with Gasteiger partial charge in [0.05, 0.1) is 11.5 Å². The van der Waals surface area contributed by atoms with Crippen molar-refractivity contribution in [3.8, 4) is 5.75 Å². The highest BCUT2D eigenvalue weighted by Crippen LogP contribution is 2.17. The highest BCUT2D eigenvalue weighted by Gasteiger charge is 2.04. The van der Waals surface area contributed by atoms with E-state index < -0.39 is 4.92 Å². The largest absolute Gasteiger partial charge is 0.494 e. The second-order valence-corrected chi connectivity index (χ2v) is 4.63. The first-order valence-electron chi connectivity index (χ1n) is 6.76. The van der Waals surface area contributed by atoms with Gasteiger partial charge in [-0.15, -0.1) is 0 Å². The van der Waals surface area contributed by atoms with Crippen LogP contribution in [0, 0.1) is 10.1 Å². The Labute approximate surface area is 126 Å². The summed E-state index contributed by atoms with van der Waals surface area (Å²) in [5, 5.41) is 10.5. The predicted octanol–water partition coefficient (Wildman–Crippen LogP) is 1.59. The average molecular weight is 304 g/mol. The molecule has 0 amide bonds. The molecule has 0 unspecified atom stereocenters. The Kier molecular flexibility index (Phi) is 5.07. The molecule has 0 saturated heterocycles. The molecule has 0 bridgehead atoms. The van der Waals surface area contributed by atoms with Crippen molar-refractivity contribution < 1.29 is 9.66 Å². The zero-order chi connectivity index (χ0) is 15.9. The van der Waals surface area contributed by atoms with Gasteiger partial charge in [-0.25, -0.2) is 4.79 Å². The summed E-state index contributed by atoms with van der Waals surface area (Å²) in [6.07, 6.45) is 3.11. The lowest BCUT2D eigenvalue weighted by molar-refractivity contribution is -0.384. The maximum Gasteiger partial charge on any atom is 0.349 e. The maximum absolute atomic E-state index is 11.5. The van der Waals surface area contributed by atoms with Crippen molar-refractivity contribution in [2.24, 2.45) is 0 Å². The Morgan fingerprint density at radius 1 is 1.23 bits per heavy atom. The van der Waals surface area contributed by atoms with Gasteiger partial charge in [0.1, 0.15) is 11.6 Å². The lowest BCUT2D eigenvalue weighted by Gasteiger charge is -2.07. The molecule has 2 rings (SSSR count). The Bertz CT molecular complexity index is 697. The number of nitrogens with two attached hydrogens (primary N) is 1. The van der Waals surface area contributed by atoms with Crippen LogP contribution in [-0.4, -0.2) is 21.1 Å². The molecule has 0 saturated carbocycles. The summed E-state index contributed by atoms with van der Waals surface area (Å²) in [4.78, 5) is 25.2. The molecule has 0 radical (unpaired) electrons. The van der Waals surface area contributed by atoms with Gasteiger partial charge in [-0.1, -0.05) is 0 Å². The number of unbranched alkanes of at least 4 members (excludes halogenated alkanes) is 1. The van der Waals surface area contributed by atoms with Crippen molar-refractivity contribution >= 4 is 11.5 Å². The summed E-state index contributed by atoms with van der Waals surface area (Å²) in [5.74, 6) is 0.791. The van der Waals surface area contributed by atoms with E-state index in [0.717, 1.165) is 12.8 Å². The molecule has 8 heteroatoms. The molecule has 8 nitrogen and oxygen atoms in total. The van der Waals surface area contributed by atoms with E-state index in [-0.39, 0.29) is 17.2 Å². The van der Waals surface area contributed by atoms with Crippen molar-refractivity contribution in [3.05, 3.63) is 57.1 Å². The van der Waals surface area contributed by atoms with Crippen LogP contribution in [0.3, 0.4) is 0 Å². The second kappa shape index (κ2) is 7.21. The van der Waals surface area contributed by atoms with Crippen molar-refractivity contribution in [3.63, 3.8) is 0 Å². The van der Waals surface area contributed by atoms with Gasteiger partial charge in [-0.3, -0.25) is 14.7 Å². The number of anilines is 1. The number of hydrogen-bond acceptors (Lipinski definition) is 6. The highest BCUT2D eigenvalue weighted by atomic mass is 16.6. The molecule has 0 aliphatic rings. The van der Waals surface area contributed by atoms with Crippen LogP contribution in [0.15, 0.2) is 41.3 Å². The van der Waals surface area contributed by atoms with Crippen LogP contribution in [0.25, 0.3) is 0 Å². The molecule has 0 spiro atoms. The van der Waals surface area contributed by atoms with E-state index in [4.69, 9.17) is 10.5 Å². The Morgan fingerprint density at radius 3 is 2.59 bits per heavy atom. The van der Waals surface area contributed by atoms with Crippen molar-refractivity contribution in [2.45, 2.75) is 19.4 Å². The van der Waals surface area contributed by atoms with Gasteiger partial charge in [-0.05, 0) is 31.0 Å². The Hall–Kier alpha value is -2.90. The summed E-state index contributed by atoms with van der Waals surface area (Å²) in [7, 11) is 0. The van der Waals surface area contributed by atoms with Gasteiger partial charge in [0.25, 0.3) is 5.69 Å². The van der Waals surface area contributed by atoms with Crippen LogP contribution < -0.4 is 16.2 Å². The third-order valence-electron chi connectivity index (χ3n) is 3.01. The number of nitro groups is 1. The molecule has 0 fully saturated rings. The van der Waals surface area contributed by atoms with E-state index in [1.807, 2.05) is 0 Å². The molecule has 22 heavy (non-hydrogen) atoms. The lowest BCUT2D eigenvalue weighted by atomic mass is 10.3. The van der Waals surface area contributed by atoms with Crippen LogP contribution in [0.4, 0.5) is 11.5 Å². The second-order valence-electron chi connectivity index (χ2n) is 4.63. The first-order valence-corrected chi connectivity index (χ1v) is 6.76. The Morgan fingerprint density at radius 2 is 1.95 bits per heavy atom. The zero-order valence-electron chi connectivity index (χ0n) is 11.8. The number of nitrogen functional groups attached to an aromatic ring is 1. The van der Waals surface area contributed by atoms with E-state index >= 15 is 0 Å². The molecule has 2 aromatic rings. The quantitative estimate of drug-likeness (QED) is 0.472. The number of aryl methyl sites for hydroxylation is 1. The van der Waals surface area contributed by atoms with Crippen LogP contribution in [-0.2, 0) is 6.54 Å². The molecule has 116 valence electrons. The number of non-ortho nitro benzene ring substituents is 1. The molecule has 2 N–H and O–H groups in total. The molecule has 1 heterocycles. The molecular formula is C14H16N4O4. The van der Waals surface area contributed by atoms with Crippen LogP contribution in [0.5, 0.6) is 5.75 Å². The normalized spacial score (nSPS) is 10.4. The molecule has 1 aromatic heterocycles. The van der Waals surface area contributed by atoms with E-state index in [9.17, 15) is 14.9 Å². The smallest absolute Gasteiger partial charge is 0.349 e. The van der Waals surface area contributed by atoms with E-state index in [0.29, 0.717) is 18.9 Å². The van der Waals surface area contributed by atoms with Crippen LogP contribution >= 0.6 is 0 Å². The van der Waals surface area contributed by atoms with Crippen molar-refractivity contribution in [2.75, 3.05) is 12.3 Å². The summed E-state index contributed by atoms with van der Waals surface area (Å²) in [6.45, 7) is 1.00. The van der Waals surface area contributed by atoms with E-state index in [1.165, 1.54) is 16.7 Å². The predicted molar refractivity (Wildman–Crippen MR) is 80.7 cm³/mol. The molecule has 0 aliphatic carbocycles. The van der Waals surface area contributed by atoms with Gasteiger partial charge in [0.2, 0.25) is 0 Å². The average Bonchev–Trinajstić information content (AvgIpc) is 2.49. The minimum Gasteiger partial charge on any atom is -0.494 e. The number of rotatable bonds is 7. The molecular weight excluding hydrogens is 288 g/mol. The minimum absolute atomic E-state index is 0.0302. The van der Waals surface area contributed by atoms with Gasteiger partial charge in [0, 0.05) is 24.9 Å².